The zero-order valence-electron chi connectivity index (χ0n) is 12.2. The van der Waals surface area contributed by atoms with Gasteiger partial charge < -0.3 is 5.32 Å². The molecule has 19 heavy (non-hydrogen) atoms. The molecule has 0 aliphatic rings. The van der Waals surface area contributed by atoms with Crippen molar-refractivity contribution >= 4 is 11.6 Å². The van der Waals surface area contributed by atoms with Gasteiger partial charge in [0, 0.05) is 6.04 Å². The monoisotopic (exact) mass is 285 g/mol. The second-order valence-corrected chi connectivity index (χ2v) is 5.51. The lowest BCUT2D eigenvalue weighted by Gasteiger charge is -2.23. The molecule has 0 heterocycles. The van der Waals surface area contributed by atoms with Crippen LogP contribution in [-0.4, -0.2) is 6.54 Å². The minimum absolute atomic E-state index is 0.195. The van der Waals surface area contributed by atoms with Gasteiger partial charge in [-0.25, -0.2) is 4.39 Å². The smallest absolute Gasteiger partial charge is 0.142 e. The molecular weight excluding hydrogens is 261 g/mol. The maximum atomic E-state index is 13.6. The van der Waals surface area contributed by atoms with E-state index in [0.717, 1.165) is 37.8 Å². The fourth-order valence-electron chi connectivity index (χ4n) is 2.34. The van der Waals surface area contributed by atoms with E-state index in [9.17, 15) is 4.39 Å². The summed E-state index contributed by atoms with van der Waals surface area (Å²) in [5.41, 5.74) is 1.00. The SMILES string of the molecule is CCCNC(CC(CC)CC)c1ccc(Cl)c(F)c1. The fraction of sp³-hybridized carbons (Fsp3) is 0.625. The first-order chi connectivity index (χ1) is 9.12. The van der Waals surface area contributed by atoms with Crippen molar-refractivity contribution in [2.24, 2.45) is 5.92 Å². The Bertz CT molecular complexity index is 377. The maximum Gasteiger partial charge on any atom is 0.142 e. The Labute approximate surface area is 121 Å². The highest BCUT2D eigenvalue weighted by molar-refractivity contribution is 6.30. The first kappa shape index (κ1) is 16.5. The molecule has 1 unspecified atom stereocenters. The summed E-state index contributed by atoms with van der Waals surface area (Å²) in [4.78, 5) is 0. The molecule has 0 amide bonds. The highest BCUT2D eigenvalue weighted by Crippen LogP contribution is 2.27. The van der Waals surface area contributed by atoms with E-state index >= 15 is 0 Å². The summed E-state index contributed by atoms with van der Waals surface area (Å²) in [5.74, 6) is 0.347. The van der Waals surface area contributed by atoms with Gasteiger partial charge in [0.05, 0.1) is 5.02 Å². The molecule has 0 spiro atoms. The lowest BCUT2D eigenvalue weighted by molar-refractivity contribution is 0.370. The first-order valence-electron chi connectivity index (χ1n) is 7.30. The molecule has 0 fully saturated rings. The van der Waals surface area contributed by atoms with Gasteiger partial charge in [0.15, 0.2) is 0 Å². The normalized spacial score (nSPS) is 12.9. The van der Waals surface area contributed by atoms with E-state index in [-0.39, 0.29) is 16.9 Å². The minimum Gasteiger partial charge on any atom is -0.310 e. The summed E-state index contributed by atoms with van der Waals surface area (Å²) < 4.78 is 13.6. The molecule has 1 aromatic carbocycles. The van der Waals surface area contributed by atoms with Crippen LogP contribution >= 0.6 is 11.6 Å². The molecule has 0 saturated carbocycles. The number of hydrogen-bond acceptors (Lipinski definition) is 1. The summed E-state index contributed by atoms with van der Waals surface area (Å²) in [6.07, 6.45) is 4.46. The van der Waals surface area contributed by atoms with Crippen LogP contribution in [0.4, 0.5) is 4.39 Å². The second-order valence-electron chi connectivity index (χ2n) is 5.10. The van der Waals surface area contributed by atoms with Crippen LogP contribution < -0.4 is 5.32 Å². The van der Waals surface area contributed by atoms with Gasteiger partial charge in [-0.15, -0.1) is 0 Å². The lowest BCUT2D eigenvalue weighted by Crippen LogP contribution is -2.24. The molecule has 1 N–H and O–H groups in total. The molecule has 1 rings (SSSR count). The van der Waals surface area contributed by atoms with Gasteiger partial charge in [0.1, 0.15) is 5.82 Å². The van der Waals surface area contributed by atoms with E-state index in [1.165, 1.54) is 0 Å². The van der Waals surface area contributed by atoms with Crippen LogP contribution in [0, 0.1) is 11.7 Å². The summed E-state index contributed by atoms with van der Waals surface area (Å²) in [6, 6.07) is 5.37. The molecule has 3 heteroatoms. The third-order valence-electron chi connectivity index (χ3n) is 3.71. The topological polar surface area (TPSA) is 12.0 Å². The van der Waals surface area contributed by atoms with E-state index in [1.807, 2.05) is 6.07 Å². The van der Waals surface area contributed by atoms with Gasteiger partial charge in [0.25, 0.3) is 0 Å². The van der Waals surface area contributed by atoms with Crippen LogP contribution in [0.3, 0.4) is 0 Å². The standard InChI is InChI=1S/C16H25ClFN/c1-4-9-19-16(10-12(5-2)6-3)13-7-8-14(17)15(18)11-13/h7-8,11-12,16,19H,4-6,9-10H2,1-3H3. The van der Waals surface area contributed by atoms with E-state index in [2.05, 4.69) is 26.1 Å². The van der Waals surface area contributed by atoms with Crippen molar-refractivity contribution < 1.29 is 4.39 Å². The zero-order chi connectivity index (χ0) is 14.3. The average Bonchev–Trinajstić information content (AvgIpc) is 2.42. The number of nitrogens with one attached hydrogen (secondary N) is 1. The molecule has 108 valence electrons. The number of benzene rings is 1. The molecular formula is C16H25ClFN. The van der Waals surface area contributed by atoms with Gasteiger partial charge in [0.2, 0.25) is 0 Å². The molecule has 1 nitrogen and oxygen atoms in total. The largest absolute Gasteiger partial charge is 0.310 e. The highest BCUT2D eigenvalue weighted by Gasteiger charge is 2.16. The van der Waals surface area contributed by atoms with Crippen molar-refractivity contribution in [1.29, 1.82) is 0 Å². The van der Waals surface area contributed by atoms with Gasteiger partial charge in [-0.05, 0) is 43.0 Å². The van der Waals surface area contributed by atoms with E-state index < -0.39 is 0 Å². The van der Waals surface area contributed by atoms with Crippen LogP contribution in [0.25, 0.3) is 0 Å². The van der Waals surface area contributed by atoms with E-state index in [0.29, 0.717) is 5.92 Å². The zero-order valence-corrected chi connectivity index (χ0v) is 12.9. The summed E-state index contributed by atoms with van der Waals surface area (Å²) >= 11 is 5.75. The van der Waals surface area contributed by atoms with E-state index in [1.54, 1.807) is 12.1 Å². The van der Waals surface area contributed by atoms with Crippen molar-refractivity contribution in [3.63, 3.8) is 0 Å². The fourth-order valence-corrected chi connectivity index (χ4v) is 2.46. The van der Waals surface area contributed by atoms with Crippen LogP contribution in [0.2, 0.25) is 5.02 Å². The Morgan fingerprint density at radius 3 is 2.42 bits per heavy atom. The average molecular weight is 286 g/mol. The van der Waals surface area contributed by atoms with Crippen LogP contribution in [0.5, 0.6) is 0 Å². The molecule has 1 atom stereocenters. The predicted octanol–water partition coefficient (Wildman–Crippen LogP) is 5.35. The van der Waals surface area contributed by atoms with Gasteiger partial charge in [-0.1, -0.05) is 51.3 Å². The summed E-state index contributed by atoms with van der Waals surface area (Å²) in [5, 5.41) is 3.72. The molecule has 0 aliphatic carbocycles. The molecule has 0 bridgehead atoms. The van der Waals surface area contributed by atoms with Gasteiger partial charge in [-0.3, -0.25) is 0 Å². The van der Waals surface area contributed by atoms with Crippen LogP contribution in [0.15, 0.2) is 18.2 Å². The van der Waals surface area contributed by atoms with Crippen molar-refractivity contribution in [2.45, 2.75) is 52.5 Å². The maximum absolute atomic E-state index is 13.6. The molecule has 1 aromatic rings. The van der Waals surface area contributed by atoms with Crippen LogP contribution in [0.1, 0.15) is 58.1 Å². The van der Waals surface area contributed by atoms with Crippen molar-refractivity contribution in [2.75, 3.05) is 6.54 Å². The number of halogens is 2. The van der Waals surface area contributed by atoms with Crippen molar-refractivity contribution in [3.05, 3.63) is 34.6 Å². The Morgan fingerprint density at radius 1 is 1.21 bits per heavy atom. The third kappa shape index (κ3) is 5.12. The lowest BCUT2D eigenvalue weighted by atomic mass is 9.91. The summed E-state index contributed by atoms with van der Waals surface area (Å²) in [7, 11) is 0. The minimum atomic E-state index is -0.327. The molecule has 0 radical (unpaired) electrons. The Balaban J connectivity index is 2.85. The number of rotatable bonds is 8. The highest BCUT2D eigenvalue weighted by atomic mass is 35.5. The van der Waals surface area contributed by atoms with Crippen molar-refractivity contribution in [1.82, 2.24) is 5.32 Å². The van der Waals surface area contributed by atoms with Gasteiger partial charge in [-0.2, -0.15) is 0 Å². The van der Waals surface area contributed by atoms with E-state index in [4.69, 9.17) is 11.6 Å². The molecule has 0 aliphatic heterocycles. The quantitative estimate of drug-likeness (QED) is 0.679. The Morgan fingerprint density at radius 2 is 1.89 bits per heavy atom. The predicted molar refractivity (Wildman–Crippen MR) is 81.1 cm³/mol. The molecule has 0 aromatic heterocycles. The van der Waals surface area contributed by atoms with Gasteiger partial charge >= 0.3 is 0 Å². The van der Waals surface area contributed by atoms with Crippen LogP contribution in [-0.2, 0) is 0 Å². The second kappa shape index (κ2) is 8.55. The Hall–Kier alpha value is -0.600. The van der Waals surface area contributed by atoms with Crippen molar-refractivity contribution in [3.8, 4) is 0 Å². The summed E-state index contributed by atoms with van der Waals surface area (Å²) in [6.45, 7) is 7.53. The third-order valence-corrected chi connectivity index (χ3v) is 4.02. The number of hydrogen-bond donors (Lipinski definition) is 1. The Kier molecular flexibility index (Phi) is 7.40. The molecule has 0 saturated heterocycles. The first-order valence-corrected chi connectivity index (χ1v) is 7.68.